The Morgan fingerprint density at radius 1 is 1.29 bits per heavy atom. The van der Waals surface area contributed by atoms with Crippen molar-refractivity contribution in [2.75, 3.05) is 7.11 Å². The van der Waals surface area contributed by atoms with Gasteiger partial charge in [0.15, 0.2) is 0 Å². The molecule has 0 bridgehead atoms. The van der Waals surface area contributed by atoms with Crippen molar-refractivity contribution in [3.05, 3.63) is 35.6 Å². The summed E-state index contributed by atoms with van der Waals surface area (Å²) >= 11 is 0. The van der Waals surface area contributed by atoms with E-state index in [9.17, 15) is 18.8 Å². The summed E-state index contributed by atoms with van der Waals surface area (Å²) < 4.78 is 17.2. The maximum Gasteiger partial charge on any atom is 0.305 e. The molecule has 3 N–H and O–H groups in total. The van der Waals surface area contributed by atoms with Gasteiger partial charge in [-0.25, -0.2) is 4.39 Å². The molecule has 7 heteroatoms. The quantitative estimate of drug-likeness (QED) is 0.707. The lowest BCUT2D eigenvalue weighted by atomic mass is 10.1. The third-order valence-electron chi connectivity index (χ3n) is 2.82. The second kappa shape index (κ2) is 7.98. The number of benzene rings is 1. The minimum atomic E-state index is -0.947. The fourth-order valence-electron chi connectivity index (χ4n) is 1.68. The number of ether oxygens (including phenoxy) is 1. The highest BCUT2D eigenvalue weighted by Gasteiger charge is 2.19. The fraction of sp³-hybridized carbons (Fsp3) is 0.357. The zero-order valence-electron chi connectivity index (χ0n) is 11.6. The number of hydrogen-bond donors (Lipinski definition) is 2. The van der Waals surface area contributed by atoms with E-state index in [2.05, 4.69) is 10.1 Å². The summed E-state index contributed by atoms with van der Waals surface area (Å²) in [7, 11) is 1.23. The molecule has 0 aliphatic carbocycles. The van der Waals surface area contributed by atoms with Gasteiger partial charge in [0.05, 0.1) is 13.5 Å². The van der Waals surface area contributed by atoms with Gasteiger partial charge in [-0.05, 0) is 24.1 Å². The molecule has 1 aromatic rings. The molecule has 0 saturated carbocycles. The van der Waals surface area contributed by atoms with E-state index in [0.29, 0.717) is 5.56 Å². The van der Waals surface area contributed by atoms with Gasteiger partial charge in [-0.15, -0.1) is 0 Å². The van der Waals surface area contributed by atoms with Crippen LogP contribution < -0.4 is 11.1 Å². The molecular weight excluding hydrogens is 279 g/mol. The summed E-state index contributed by atoms with van der Waals surface area (Å²) in [6.07, 6.45) is 0.0282. The number of hydrogen-bond acceptors (Lipinski definition) is 4. The van der Waals surface area contributed by atoms with Crippen LogP contribution in [0, 0.1) is 5.82 Å². The molecule has 0 fully saturated rings. The molecule has 1 atom stereocenters. The van der Waals surface area contributed by atoms with E-state index in [-0.39, 0.29) is 19.3 Å². The number of halogens is 1. The van der Waals surface area contributed by atoms with Gasteiger partial charge in [0.1, 0.15) is 11.9 Å². The van der Waals surface area contributed by atoms with Crippen LogP contribution in [0.5, 0.6) is 0 Å². The molecule has 1 rings (SSSR count). The number of carbonyl (C=O) groups excluding carboxylic acids is 3. The highest BCUT2D eigenvalue weighted by molar-refractivity contribution is 5.87. The van der Waals surface area contributed by atoms with E-state index in [4.69, 9.17) is 5.73 Å². The molecule has 6 nitrogen and oxygen atoms in total. The zero-order chi connectivity index (χ0) is 15.8. The Balaban J connectivity index is 2.54. The van der Waals surface area contributed by atoms with Crippen LogP contribution >= 0.6 is 0 Å². The normalized spacial score (nSPS) is 11.5. The van der Waals surface area contributed by atoms with Crippen LogP contribution in [-0.4, -0.2) is 30.9 Å². The van der Waals surface area contributed by atoms with E-state index < -0.39 is 29.6 Å². The highest BCUT2D eigenvalue weighted by atomic mass is 19.1. The number of nitrogens with two attached hydrogens (primary N) is 1. The molecule has 0 spiro atoms. The predicted molar refractivity (Wildman–Crippen MR) is 72.5 cm³/mol. The first-order valence-electron chi connectivity index (χ1n) is 6.32. The van der Waals surface area contributed by atoms with Crippen molar-refractivity contribution in [1.29, 1.82) is 0 Å². The van der Waals surface area contributed by atoms with Gasteiger partial charge in [0.2, 0.25) is 11.8 Å². The molecule has 0 aliphatic heterocycles. The smallest absolute Gasteiger partial charge is 0.305 e. The highest BCUT2D eigenvalue weighted by Crippen LogP contribution is 2.05. The topological polar surface area (TPSA) is 98.5 Å². The Morgan fingerprint density at radius 2 is 1.90 bits per heavy atom. The minimum Gasteiger partial charge on any atom is -0.469 e. The Hall–Kier alpha value is -2.44. The average Bonchev–Trinajstić information content (AvgIpc) is 2.45. The number of rotatable bonds is 7. The summed E-state index contributed by atoms with van der Waals surface area (Å²) in [5.74, 6) is -2.05. The number of nitrogens with one attached hydrogen (secondary N) is 1. The second-order valence-electron chi connectivity index (χ2n) is 4.44. The Morgan fingerprint density at radius 3 is 2.43 bits per heavy atom. The standard InChI is InChI=1S/C14H17FN2O4/c1-21-13(19)7-6-11(14(16)20)17-12(18)8-9-2-4-10(15)5-3-9/h2-5,11H,6-8H2,1H3,(H2,16,20)(H,17,18)/t11-/m1/s1. The lowest BCUT2D eigenvalue weighted by molar-refractivity contribution is -0.141. The van der Waals surface area contributed by atoms with Crippen LogP contribution in [0.4, 0.5) is 4.39 Å². The zero-order valence-corrected chi connectivity index (χ0v) is 11.6. The molecule has 0 unspecified atom stereocenters. The van der Waals surface area contributed by atoms with E-state index in [1.807, 2.05) is 0 Å². The van der Waals surface area contributed by atoms with E-state index in [1.54, 1.807) is 0 Å². The van der Waals surface area contributed by atoms with Crippen molar-refractivity contribution < 1.29 is 23.5 Å². The summed E-state index contributed by atoms with van der Waals surface area (Å²) in [6.45, 7) is 0. The number of esters is 1. The number of carbonyl (C=O) groups is 3. The van der Waals surface area contributed by atoms with Gasteiger partial charge >= 0.3 is 5.97 Å². The van der Waals surface area contributed by atoms with Crippen molar-refractivity contribution in [2.24, 2.45) is 5.73 Å². The number of methoxy groups -OCH3 is 1. The fourth-order valence-corrected chi connectivity index (χ4v) is 1.68. The van der Waals surface area contributed by atoms with Crippen LogP contribution in [0.1, 0.15) is 18.4 Å². The Bertz CT molecular complexity index is 516. The van der Waals surface area contributed by atoms with E-state index >= 15 is 0 Å². The number of primary amides is 1. The lowest BCUT2D eigenvalue weighted by Gasteiger charge is -2.14. The van der Waals surface area contributed by atoms with Gasteiger partial charge < -0.3 is 15.8 Å². The second-order valence-corrected chi connectivity index (χ2v) is 4.44. The molecule has 21 heavy (non-hydrogen) atoms. The molecule has 0 heterocycles. The van der Waals surface area contributed by atoms with Crippen molar-refractivity contribution >= 4 is 17.8 Å². The van der Waals surface area contributed by atoms with Crippen LogP contribution in [0.2, 0.25) is 0 Å². The first-order valence-corrected chi connectivity index (χ1v) is 6.32. The maximum absolute atomic E-state index is 12.7. The molecular formula is C14H17FN2O4. The van der Waals surface area contributed by atoms with Gasteiger partial charge in [-0.3, -0.25) is 14.4 Å². The Kier molecular flexibility index (Phi) is 6.32. The molecule has 2 amide bonds. The van der Waals surface area contributed by atoms with Gasteiger partial charge in [-0.2, -0.15) is 0 Å². The molecule has 114 valence electrons. The molecule has 1 aromatic carbocycles. The lowest BCUT2D eigenvalue weighted by Crippen LogP contribution is -2.45. The predicted octanol–water partition coefficient (Wildman–Crippen LogP) is 0.291. The Labute approximate surface area is 121 Å². The SMILES string of the molecule is COC(=O)CC[C@@H](NC(=O)Cc1ccc(F)cc1)C(N)=O. The van der Waals surface area contributed by atoms with Crippen molar-refractivity contribution in [1.82, 2.24) is 5.32 Å². The third kappa shape index (κ3) is 6.03. The van der Waals surface area contributed by atoms with E-state index in [0.717, 1.165) is 0 Å². The average molecular weight is 296 g/mol. The summed E-state index contributed by atoms with van der Waals surface area (Å²) in [6, 6.07) is 4.49. The summed E-state index contributed by atoms with van der Waals surface area (Å²) in [5.41, 5.74) is 5.77. The monoisotopic (exact) mass is 296 g/mol. The summed E-state index contributed by atoms with van der Waals surface area (Å²) in [4.78, 5) is 34.1. The van der Waals surface area contributed by atoms with Crippen LogP contribution in [-0.2, 0) is 25.5 Å². The number of amides is 2. The van der Waals surface area contributed by atoms with Crippen molar-refractivity contribution in [2.45, 2.75) is 25.3 Å². The molecule has 0 radical (unpaired) electrons. The van der Waals surface area contributed by atoms with Gasteiger partial charge in [0.25, 0.3) is 0 Å². The first-order chi connectivity index (χ1) is 9.92. The van der Waals surface area contributed by atoms with Crippen LogP contribution in [0.25, 0.3) is 0 Å². The molecule has 0 aliphatic rings. The minimum absolute atomic E-state index is 0.0116. The third-order valence-corrected chi connectivity index (χ3v) is 2.82. The largest absolute Gasteiger partial charge is 0.469 e. The van der Waals surface area contributed by atoms with Gasteiger partial charge in [-0.1, -0.05) is 12.1 Å². The summed E-state index contributed by atoms with van der Waals surface area (Å²) in [5, 5.41) is 2.44. The first kappa shape index (κ1) is 16.6. The van der Waals surface area contributed by atoms with Crippen LogP contribution in [0.3, 0.4) is 0 Å². The van der Waals surface area contributed by atoms with Crippen LogP contribution in [0.15, 0.2) is 24.3 Å². The van der Waals surface area contributed by atoms with Crippen molar-refractivity contribution in [3.8, 4) is 0 Å². The molecule has 0 saturated heterocycles. The molecule has 0 aromatic heterocycles. The van der Waals surface area contributed by atoms with Gasteiger partial charge in [0, 0.05) is 6.42 Å². The maximum atomic E-state index is 12.7. The van der Waals surface area contributed by atoms with Crippen molar-refractivity contribution in [3.63, 3.8) is 0 Å². The van der Waals surface area contributed by atoms with E-state index in [1.165, 1.54) is 31.4 Å².